The molecule has 1 N–H and O–H groups in total. The first-order chi connectivity index (χ1) is 10.1. The molecular formula is C17H30N2O2. The van der Waals surface area contributed by atoms with Crippen molar-refractivity contribution in [3.05, 3.63) is 24.0 Å². The van der Waals surface area contributed by atoms with Gasteiger partial charge < -0.3 is 14.6 Å². The summed E-state index contributed by atoms with van der Waals surface area (Å²) in [5, 5.41) is 3.56. The lowest BCUT2D eigenvalue weighted by Crippen LogP contribution is -2.26. The zero-order valence-electron chi connectivity index (χ0n) is 13.9. The van der Waals surface area contributed by atoms with Gasteiger partial charge in [-0.05, 0) is 36.9 Å². The van der Waals surface area contributed by atoms with Crippen LogP contribution >= 0.6 is 0 Å². The molecule has 0 spiro atoms. The van der Waals surface area contributed by atoms with Gasteiger partial charge in [-0.3, -0.25) is 4.79 Å². The van der Waals surface area contributed by atoms with Gasteiger partial charge in [-0.25, -0.2) is 0 Å². The second kappa shape index (κ2) is 9.61. The maximum Gasteiger partial charge on any atom is 0.325 e. The standard InChI is InChI=1S/C17H30N2O2/c1-5-7-11-21-16(20)13-19-10-8-15(12-19)17(14(3)4)18-9-6-2/h8,10,12,14,17-18H,5-7,9,11,13H2,1-4H3. The molecule has 1 rings (SSSR count). The van der Waals surface area contributed by atoms with E-state index in [1.54, 1.807) is 0 Å². The Balaban J connectivity index is 2.56. The molecule has 0 fully saturated rings. The molecule has 0 aliphatic heterocycles. The van der Waals surface area contributed by atoms with E-state index in [2.05, 4.69) is 45.3 Å². The Hall–Kier alpha value is -1.29. The van der Waals surface area contributed by atoms with Gasteiger partial charge in [0.2, 0.25) is 0 Å². The van der Waals surface area contributed by atoms with Gasteiger partial charge in [0.05, 0.1) is 6.61 Å². The summed E-state index contributed by atoms with van der Waals surface area (Å²) in [5.74, 6) is 0.358. The molecular weight excluding hydrogens is 264 g/mol. The van der Waals surface area contributed by atoms with Gasteiger partial charge >= 0.3 is 5.97 Å². The summed E-state index contributed by atoms with van der Waals surface area (Å²) in [6.07, 6.45) is 7.10. The molecule has 1 heterocycles. The van der Waals surface area contributed by atoms with E-state index in [4.69, 9.17) is 4.74 Å². The van der Waals surface area contributed by atoms with Crippen molar-refractivity contribution in [3.63, 3.8) is 0 Å². The number of ether oxygens (including phenoxy) is 1. The lowest BCUT2D eigenvalue weighted by molar-refractivity contribution is -0.144. The summed E-state index contributed by atoms with van der Waals surface area (Å²) in [7, 11) is 0. The fourth-order valence-corrected chi connectivity index (χ4v) is 2.31. The Morgan fingerprint density at radius 3 is 2.71 bits per heavy atom. The zero-order chi connectivity index (χ0) is 15.7. The molecule has 4 nitrogen and oxygen atoms in total. The van der Waals surface area contributed by atoms with Crippen LogP contribution in [0.15, 0.2) is 18.5 Å². The van der Waals surface area contributed by atoms with Crippen molar-refractivity contribution in [1.29, 1.82) is 0 Å². The molecule has 0 aromatic carbocycles. The summed E-state index contributed by atoms with van der Waals surface area (Å²) in [5.41, 5.74) is 1.24. The van der Waals surface area contributed by atoms with Gasteiger partial charge in [0.15, 0.2) is 0 Å². The first kappa shape index (κ1) is 17.8. The quantitative estimate of drug-likeness (QED) is 0.530. The highest BCUT2D eigenvalue weighted by Gasteiger charge is 2.16. The highest BCUT2D eigenvalue weighted by Crippen LogP contribution is 2.22. The predicted molar refractivity (Wildman–Crippen MR) is 86.2 cm³/mol. The van der Waals surface area contributed by atoms with Crippen molar-refractivity contribution in [3.8, 4) is 0 Å². The average Bonchev–Trinajstić information content (AvgIpc) is 2.87. The molecule has 1 aromatic rings. The van der Waals surface area contributed by atoms with Gasteiger partial charge in [-0.2, -0.15) is 0 Å². The summed E-state index contributed by atoms with van der Waals surface area (Å²) in [6.45, 7) is 10.5. The molecule has 1 unspecified atom stereocenters. The minimum atomic E-state index is -0.159. The monoisotopic (exact) mass is 294 g/mol. The first-order valence-electron chi connectivity index (χ1n) is 8.13. The van der Waals surface area contributed by atoms with Crippen LogP contribution in [0.3, 0.4) is 0 Å². The minimum Gasteiger partial charge on any atom is -0.464 e. The minimum absolute atomic E-state index is 0.159. The Morgan fingerprint density at radius 2 is 2.10 bits per heavy atom. The smallest absolute Gasteiger partial charge is 0.325 e. The number of unbranched alkanes of at least 4 members (excludes halogenated alkanes) is 1. The number of esters is 1. The van der Waals surface area contributed by atoms with Crippen molar-refractivity contribution in [2.75, 3.05) is 13.2 Å². The van der Waals surface area contributed by atoms with Crippen molar-refractivity contribution in [1.82, 2.24) is 9.88 Å². The topological polar surface area (TPSA) is 43.3 Å². The second-order valence-corrected chi connectivity index (χ2v) is 5.87. The van der Waals surface area contributed by atoms with Crippen LogP contribution < -0.4 is 5.32 Å². The molecule has 0 bridgehead atoms. The third-order valence-corrected chi connectivity index (χ3v) is 3.49. The molecule has 0 saturated heterocycles. The van der Waals surface area contributed by atoms with E-state index in [-0.39, 0.29) is 5.97 Å². The van der Waals surface area contributed by atoms with E-state index in [1.165, 1.54) is 5.56 Å². The fourth-order valence-electron chi connectivity index (χ4n) is 2.31. The van der Waals surface area contributed by atoms with E-state index in [0.717, 1.165) is 25.8 Å². The van der Waals surface area contributed by atoms with E-state index in [1.807, 2.05) is 10.8 Å². The highest BCUT2D eigenvalue weighted by atomic mass is 16.5. The molecule has 0 aliphatic rings. The van der Waals surface area contributed by atoms with Crippen LogP contribution in [0, 0.1) is 5.92 Å². The molecule has 0 radical (unpaired) electrons. The Kier molecular flexibility index (Phi) is 8.13. The number of hydrogen-bond donors (Lipinski definition) is 1. The van der Waals surface area contributed by atoms with E-state index in [9.17, 15) is 4.79 Å². The number of aromatic nitrogens is 1. The van der Waals surface area contributed by atoms with Crippen LogP contribution in [-0.4, -0.2) is 23.7 Å². The number of nitrogens with zero attached hydrogens (tertiary/aromatic N) is 1. The molecule has 1 aromatic heterocycles. The predicted octanol–water partition coefficient (Wildman–Crippen LogP) is 3.53. The second-order valence-electron chi connectivity index (χ2n) is 5.87. The molecule has 0 saturated carbocycles. The number of hydrogen-bond acceptors (Lipinski definition) is 3. The van der Waals surface area contributed by atoms with E-state index >= 15 is 0 Å². The van der Waals surface area contributed by atoms with Crippen LogP contribution in [0.25, 0.3) is 0 Å². The lowest BCUT2D eigenvalue weighted by Gasteiger charge is -2.21. The van der Waals surface area contributed by atoms with Gasteiger partial charge in [-0.1, -0.05) is 34.1 Å². The Morgan fingerprint density at radius 1 is 1.33 bits per heavy atom. The van der Waals surface area contributed by atoms with E-state index < -0.39 is 0 Å². The first-order valence-corrected chi connectivity index (χ1v) is 8.13. The Labute approximate surface area is 128 Å². The van der Waals surface area contributed by atoms with Crippen molar-refractivity contribution in [2.24, 2.45) is 5.92 Å². The van der Waals surface area contributed by atoms with Gasteiger partial charge in [0.25, 0.3) is 0 Å². The molecule has 4 heteroatoms. The van der Waals surface area contributed by atoms with Gasteiger partial charge in [0.1, 0.15) is 6.54 Å². The SMILES string of the molecule is CCCCOC(=O)Cn1ccc(C(NCCC)C(C)C)c1. The summed E-state index contributed by atoms with van der Waals surface area (Å²) in [6, 6.07) is 2.43. The zero-order valence-corrected chi connectivity index (χ0v) is 13.9. The van der Waals surface area contributed by atoms with Crippen LogP contribution in [0.1, 0.15) is 58.6 Å². The largest absolute Gasteiger partial charge is 0.464 e. The number of carbonyl (C=O) groups excluding carboxylic acids is 1. The Bertz CT molecular complexity index is 413. The van der Waals surface area contributed by atoms with Gasteiger partial charge in [0, 0.05) is 18.4 Å². The van der Waals surface area contributed by atoms with Crippen LogP contribution in [0.4, 0.5) is 0 Å². The maximum atomic E-state index is 11.7. The number of nitrogens with one attached hydrogen (secondary N) is 1. The van der Waals surface area contributed by atoms with Crippen molar-refractivity contribution in [2.45, 2.75) is 59.5 Å². The van der Waals surface area contributed by atoms with Crippen LogP contribution in [-0.2, 0) is 16.1 Å². The third-order valence-electron chi connectivity index (χ3n) is 3.49. The third kappa shape index (κ3) is 6.34. The normalized spacial score (nSPS) is 12.6. The van der Waals surface area contributed by atoms with Crippen LogP contribution in [0.5, 0.6) is 0 Å². The van der Waals surface area contributed by atoms with Crippen molar-refractivity contribution < 1.29 is 9.53 Å². The number of rotatable bonds is 10. The maximum absolute atomic E-state index is 11.7. The molecule has 0 amide bonds. The summed E-state index contributed by atoms with van der Waals surface area (Å²) < 4.78 is 7.10. The van der Waals surface area contributed by atoms with E-state index in [0.29, 0.717) is 25.1 Å². The number of carbonyl (C=O) groups is 1. The average molecular weight is 294 g/mol. The van der Waals surface area contributed by atoms with Gasteiger partial charge in [-0.15, -0.1) is 0 Å². The molecule has 1 atom stereocenters. The van der Waals surface area contributed by atoms with Crippen LogP contribution in [0.2, 0.25) is 0 Å². The molecule has 120 valence electrons. The summed E-state index contributed by atoms with van der Waals surface area (Å²) >= 11 is 0. The highest BCUT2D eigenvalue weighted by molar-refractivity contribution is 5.69. The fraction of sp³-hybridized carbons (Fsp3) is 0.706. The molecule has 21 heavy (non-hydrogen) atoms. The molecule has 0 aliphatic carbocycles. The summed E-state index contributed by atoms with van der Waals surface area (Å²) in [4.78, 5) is 11.7. The van der Waals surface area contributed by atoms with Crippen molar-refractivity contribution >= 4 is 5.97 Å². The lowest BCUT2D eigenvalue weighted by atomic mass is 9.98.